The number of nitrogens with zero attached hydrogens (tertiary/aromatic N) is 1. The van der Waals surface area contributed by atoms with Gasteiger partial charge in [0.2, 0.25) is 0 Å². The molecule has 6 nitrogen and oxygen atoms in total. The number of ketones is 1. The van der Waals surface area contributed by atoms with Crippen molar-refractivity contribution in [2.45, 2.75) is 33.2 Å². The molecule has 1 atom stereocenters. The van der Waals surface area contributed by atoms with Crippen LogP contribution in [0, 0.1) is 5.92 Å². The van der Waals surface area contributed by atoms with Crippen molar-refractivity contribution in [2.24, 2.45) is 13.0 Å². The Hall–Kier alpha value is -2.11. The van der Waals surface area contributed by atoms with Gasteiger partial charge in [0.25, 0.3) is 5.91 Å². The summed E-state index contributed by atoms with van der Waals surface area (Å²) in [5, 5.41) is 11.6. The lowest BCUT2D eigenvalue weighted by Gasteiger charge is -2.20. The maximum Gasteiger partial charge on any atom is 0.305 e. The van der Waals surface area contributed by atoms with Crippen LogP contribution in [-0.4, -0.2) is 33.4 Å². The molecule has 1 rings (SSSR count). The van der Waals surface area contributed by atoms with Crippen molar-refractivity contribution < 1.29 is 19.5 Å². The van der Waals surface area contributed by atoms with E-state index in [0.29, 0.717) is 11.3 Å². The Bertz CT molecular complexity index is 531. The van der Waals surface area contributed by atoms with Crippen molar-refractivity contribution >= 4 is 17.7 Å². The van der Waals surface area contributed by atoms with Gasteiger partial charge in [0.1, 0.15) is 5.69 Å². The third kappa shape index (κ3) is 3.94. The Kier molecular flexibility index (Phi) is 5.07. The highest BCUT2D eigenvalue weighted by Gasteiger charge is 2.22. The molecule has 1 aromatic heterocycles. The quantitative estimate of drug-likeness (QED) is 0.772. The zero-order chi connectivity index (χ0) is 15.4. The molecule has 0 radical (unpaired) electrons. The summed E-state index contributed by atoms with van der Waals surface area (Å²) in [5.41, 5.74) is 0.795. The number of aromatic nitrogens is 1. The summed E-state index contributed by atoms with van der Waals surface area (Å²) in [6, 6.07) is 1.06. The van der Waals surface area contributed by atoms with Gasteiger partial charge in [-0.25, -0.2) is 0 Å². The summed E-state index contributed by atoms with van der Waals surface area (Å²) in [4.78, 5) is 34.2. The maximum atomic E-state index is 12.2. The highest BCUT2D eigenvalue weighted by Crippen LogP contribution is 2.11. The van der Waals surface area contributed by atoms with E-state index in [1.807, 2.05) is 13.8 Å². The molecule has 0 saturated carbocycles. The smallest absolute Gasteiger partial charge is 0.305 e. The van der Waals surface area contributed by atoms with Crippen LogP contribution < -0.4 is 5.32 Å². The SMILES string of the molecule is CC(=O)c1cc(C(=O)NC(CC(=O)O)C(C)C)n(C)c1. The first-order valence-electron chi connectivity index (χ1n) is 6.42. The lowest BCUT2D eigenvalue weighted by atomic mass is 10.0. The number of carbonyl (C=O) groups is 3. The van der Waals surface area contributed by atoms with Gasteiger partial charge in [-0.2, -0.15) is 0 Å². The van der Waals surface area contributed by atoms with Crippen molar-refractivity contribution in [3.63, 3.8) is 0 Å². The summed E-state index contributed by atoms with van der Waals surface area (Å²) in [6.07, 6.45) is 1.45. The van der Waals surface area contributed by atoms with Crippen LogP contribution in [-0.2, 0) is 11.8 Å². The van der Waals surface area contributed by atoms with Gasteiger partial charge in [-0.15, -0.1) is 0 Å². The van der Waals surface area contributed by atoms with Crippen LogP contribution in [0.15, 0.2) is 12.3 Å². The molecule has 6 heteroatoms. The fourth-order valence-electron chi connectivity index (χ4n) is 1.87. The molecule has 110 valence electrons. The molecule has 0 spiro atoms. The second kappa shape index (κ2) is 6.36. The van der Waals surface area contributed by atoms with Crippen molar-refractivity contribution in [3.8, 4) is 0 Å². The van der Waals surface area contributed by atoms with Crippen LogP contribution in [0.5, 0.6) is 0 Å². The van der Waals surface area contributed by atoms with Crippen LogP contribution in [0.4, 0.5) is 0 Å². The molecule has 0 aromatic carbocycles. The Morgan fingerprint density at radius 2 is 1.95 bits per heavy atom. The lowest BCUT2D eigenvalue weighted by Crippen LogP contribution is -2.40. The fourth-order valence-corrected chi connectivity index (χ4v) is 1.87. The largest absolute Gasteiger partial charge is 0.481 e. The number of hydrogen-bond acceptors (Lipinski definition) is 3. The topological polar surface area (TPSA) is 88.4 Å². The number of rotatable bonds is 6. The Labute approximate surface area is 117 Å². The zero-order valence-electron chi connectivity index (χ0n) is 12.1. The zero-order valence-corrected chi connectivity index (χ0v) is 12.1. The third-order valence-corrected chi connectivity index (χ3v) is 3.16. The molecule has 2 N–H and O–H groups in total. The van der Waals surface area contributed by atoms with Gasteiger partial charge in [-0.05, 0) is 18.9 Å². The van der Waals surface area contributed by atoms with E-state index in [1.165, 1.54) is 13.0 Å². The van der Waals surface area contributed by atoms with Gasteiger partial charge in [0.05, 0.1) is 6.42 Å². The lowest BCUT2D eigenvalue weighted by molar-refractivity contribution is -0.137. The Balaban J connectivity index is 2.89. The van der Waals surface area contributed by atoms with E-state index in [-0.39, 0.29) is 24.0 Å². The normalized spacial score (nSPS) is 12.2. The van der Waals surface area contributed by atoms with Crippen molar-refractivity contribution in [1.29, 1.82) is 0 Å². The van der Waals surface area contributed by atoms with E-state index < -0.39 is 12.0 Å². The number of carboxylic acid groups (broad SMARTS) is 1. The standard InChI is InChI=1S/C14H20N2O4/c1-8(2)11(6-13(18)19)15-14(20)12-5-10(9(3)17)7-16(12)4/h5,7-8,11H,6H2,1-4H3,(H,15,20)(H,18,19). The number of aliphatic carboxylic acids is 1. The Morgan fingerprint density at radius 1 is 1.35 bits per heavy atom. The summed E-state index contributed by atoms with van der Waals surface area (Å²) < 4.78 is 1.56. The minimum Gasteiger partial charge on any atom is -0.481 e. The minimum atomic E-state index is -0.958. The van der Waals surface area contributed by atoms with Crippen molar-refractivity contribution in [1.82, 2.24) is 9.88 Å². The molecule has 0 aliphatic rings. The van der Waals surface area contributed by atoms with Crippen LogP contribution in [0.25, 0.3) is 0 Å². The van der Waals surface area contributed by atoms with Gasteiger partial charge in [-0.1, -0.05) is 13.8 Å². The Morgan fingerprint density at radius 3 is 2.35 bits per heavy atom. The van der Waals surface area contributed by atoms with Crippen LogP contribution in [0.1, 0.15) is 48.0 Å². The first kappa shape index (κ1) is 15.9. The summed E-state index contributed by atoms with van der Waals surface area (Å²) in [7, 11) is 1.67. The molecule has 20 heavy (non-hydrogen) atoms. The molecule has 0 bridgehead atoms. The van der Waals surface area contributed by atoms with E-state index in [2.05, 4.69) is 5.32 Å². The van der Waals surface area contributed by atoms with Gasteiger partial charge >= 0.3 is 5.97 Å². The first-order valence-corrected chi connectivity index (χ1v) is 6.42. The molecule has 0 saturated heterocycles. The van der Waals surface area contributed by atoms with Gasteiger partial charge in [-0.3, -0.25) is 14.4 Å². The number of aryl methyl sites for hydroxylation is 1. The minimum absolute atomic E-state index is 0.00240. The molecule has 0 fully saturated rings. The predicted molar refractivity (Wildman–Crippen MR) is 73.8 cm³/mol. The molecule has 1 amide bonds. The average Bonchev–Trinajstić information content (AvgIpc) is 2.69. The van der Waals surface area contributed by atoms with E-state index in [9.17, 15) is 14.4 Å². The number of nitrogens with one attached hydrogen (secondary N) is 1. The maximum absolute atomic E-state index is 12.2. The summed E-state index contributed by atoms with van der Waals surface area (Å²) >= 11 is 0. The molecular weight excluding hydrogens is 260 g/mol. The number of amides is 1. The molecule has 1 heterocycles. The number of Topliss-reactive ketones (excluding diaryl/α,β-unsaturated/α-hetero) is 1. The molecule has 0 aliphatic carbocycles. The number of hydrogen-bond donors (Lipinski definition) is 2. The van der Waals surface area contributed by atoms with E-state index >= 15 is 0 Å². The van der Waals surface area contributed by atoms with Crippen molar-refractivity contribution in [3.05, 3.63) is 23.5 Å². The third-order valence-electron chi connectivity index (χ3n) is 3.16. The monoisotopic (exact) mass is 280 g/mol. The molecule has 1 unspecified atom stereocenters. The number of carbonyl (C=O) groups excluding carboxylic acids is 2. The molecule has 0 aliphatic heterocycles. The van der Waals surface area contributed by atoms with Crippen molar-refractivity contribution in [2.75, 3.05) is 0 Å². The molecule has 1 aromatic rings. The fraction of sp³-hybridized carbons (Fsp3) is 0.500. The van der Waals surface area contributed by atoms with E-state index in [4.69, 9.17) is 5.11 Å². The second-order valence-electron chi connectivity index (χ2n) is 5.20. The van der Waals surface area contributed by atoms with Gasteiger partial charge in [0.15, 0.2) is 5.78 Å². The highest BCUT2D eigenvalue weighted by atomic mass is 16.4. The van der Waals surface area contributed by atoms with Gasteiger partial charge in [0, 0.05) is 24.8 Å². The van der Waals surface area contributed by atoms with Crippen LogP contribution >= 0.6 is 0 Å². The predicted octanol–water partition coefficient (Wildman–Crippen LogP) is 1.46. The van der Waals surface area contributed by atoms with E-state index in [1.54, 1.807) is 17.8 Å². The van der Waals surface area contributed by atoms with Crippen LogP contribution in [0.3, 0.4) is 0 Å². The average molecular weight is 280 g/mol. The summed E-state index contributed by atoms with van der Waals surface area (Å²) in [6.45, 7) is 5.12. The van der Waals surface area contributed by atoms with Crippen LogP contribution in [0.2, 0.25) is 0 Å². The highest BCUT2D eigenvalue weighted by molar-refractivity contribution is 5.99. The first-order chi connectivity index (χ1) is 9.22. The second-order valence-corrected chi connectivity index (χ2v) is 5.20. The van der Waals surface area contributed by atoms with E-state index in [0.717, 1.165) is 0 Å². The number of carboxylic acids is 1. The summed E-state index contributed by atoms with van der Waals surface area (Å²) in [5.74, 6) is -1.45. The van der Waals surface area contributed by atoms with Gasteiger partial charge < -0.3 is 15.0 Å². The molecular formula is C14H20N2O4.